The van der Waals surface area contributed by atoms with Crippen LogP contribution in [-0.2, 0) is 6.54 Å². The third-order valence-electron chi connectivity index (χ3n) is 2.75. The number of rotatable bonds is 4. The van der Waals surface area contributed by atoms with Crippen molar-refractivity contribution < 1.29 is 9.13 Å². The van der Waals surface area contributed by atoms with Crippen LogP contribution in [0.4, 0.5) is 10.1 Å². The monoisotopic (exact) mass is 324 g/mol. The molecule has 2 N–H and O–H groups in total. The van der Waals surface area contributed by atoms with Crippen molar-refractivity contribution in [1.82, 2.24) is 5.32 Å². The van der Waals surface area contributed by atoms with Gasteiger partial charge in [0.15, 0.2) is 5.11 Å². The van der Waals surface area contributed by atoms with Crippen molar-refractivity contribution in [2.45, 2.75) is 6.54 Å². The van der Waals surface area contributed by atoms with Crippen LogP contribution >= 0.6 is 23.8 Å². The van der Waals surface area contributed by atoms with Crippen LogP contribution in [0.1, 0.15) is 5.56 Å². The molecule has 0 atom stereocenters. The van der Waals surface area contributed by atoms with Gasteiger partial charge in [-0.1, -0.05) is 23.7 Å². The number of anilines is 1. The second kappa shape index (κ2) is 7.24. The van der Waals surface area contributed by atoms with Gasteiger partial charge in [-0.15, -0.1) is 0 Å². The van der Waals surface area contributed by atoms with E-state index in [4.69, 9.17) is 28.6 Å². The van der Waals surface area contributed by atoms with Gasteiger partial charge in [0.1, 0.15) is 11.6 Å². The van der Waals surface area contributed by atoms with Crippen LogP contribution < -0.4 is 15.4 Å². The Hall–Kier alpha value is -1.85. The molecule has 0 unspecified atom stereocenters. The molecule has 0 saturated carbocycles. The van der Waals surface area contributed by atoms with Crippen molar-refractivity contribution in [2.24, 2.45) is 0 Å². The second-order valence-corrected chi connectivity index (χ2v) is 5.10. The van der Waals surface area contributed by atoms with Crippen LogP contribution in [0.2, 0.25) is 5.02 Å². The summed E-state index contributed by atoms with van der Waals surface area (Å²) >= 11 is 11.2. The predicted molar refractivity (Wildman–Crippen MR) is 87.5 cm³/mol. The average molecular weight is 325 g/mol. The maximum atomic E-state index is 13.1. The number of nitrogens with one attached hydrogen (secondary N) is 2. The third kappa shape index (κ3) is 4.58. The molecule has 0 aliphatic rings. The molecule has 2 rings (SSSR count). The number of thiocarbonyl (C=S) groups is 1. The third-order valence-corrected chi connectivity index (χ3v) is 3.29. The van der Waals surface area contributed by atoms with E-state index in [0.717, 1.165) is 11.3 Å². The summed E-state index contributed by atoms with van der Waals surface area (Å²) in [6.45, 7) is 0.438. The number of methoxy groups -OCH3 is 1. The first-order valence-corrected chi connectivity index (χ1v) is 7.00. The first kappa shape index (κ1) is 15.5. The van der Waals surface area contributed by atoms with E-state index in [1.54, 1.807) is 31.4 Å². The highest BCUT2D eigenvalue weighted by Crippen LogP contribution is 2.27. The molecule has 0 amide bonds. The molecular weight excluding hydrogens is 311 g/mol. The molecule has 0 fully saturated rings. The highest BCUT2D eigenvalue weighted by atomic mass is 35.5. The molecule has 0 spiro atoms. The smallest absolute Gasteiger partial charge is 0.171 e. The molecule has 0 aliphatic carbocycles. The van der Waals surface area contributed by atoms with E-state index in [1.807, 2.05) is 6.07 Å². The van der Waals surface area contributed by atoms with Gasteiger partial charge in [-0.3, -0.25) is 0 Å². The van der Waals surface area contributed by atoms with E-state index in [0.29, 0.717) is 22.4 Å². The fourth-order valence-corrected chi connectivity index (χ4v) is 2.20. The van der Waals surface area contributed by atoms with E-state index < -0.39 is 0 Å². The summed E-state index contributed by atoms with van der Waals surface area (Å²) in [5.74, 6) is 0.330. The van der Waals surface area contributed by atoms with Gasteiger partial charge in [-0.25, -0.2) is 4.39 Å². The molecule has 110 valence electrons. The van der Waals surface area contributed by atoms with E-state index in [-0.39, 0.29) is 5.82 Å². The molecule has 0 bridgehead atoms. The summed E-state index contributed by atoms with van der Waals surface area (Å²) < 4.78 is 18.1. The topological polar surface area (TPSA) is 33.3 Å². The first-order chi connectivity index (χ1) is 10.1. The lowest BCUT2D eigenvalue weighted by atomic mass is 10.2. The Kier molecular flexibility index (Phi) is 5.36. The van der Waals surface area contributed by atoms with Crippen LogP contribution in [0.15, 0.2) is 42.5 Å². The summed E-state index contributed by atoms with van der Waals surface area (Å²) in [5, 5.41) is 6.93. The van der Waals surface area contributed by atoms with Crippen molar-refractivity contribution in [1.29, 1.82) is 0 Å². The molecule has 0 saturated heterocycles. The van der Waals surface area contributed by atoms with Crippen LogP contribution in [-0.4, -0.2) is 12.2 Å². The van der Waals surface area contributed by atoms with Gasteiger partial charge in [0.05, 0.1) is 12.1 Å². The van der Waals surface area contributed by atoms with E-state index >= 15 is 0 Å². The first-order valence-electron chi connectivity index (χ1n) is 6.21. The van der Waals surface area contributed by atoms with Crippen LogP contribution in [0.3, 0.4) is 0 Å². The maximum Gasteiger partial charge on any atom is 0.171 e. The van der Waals surface area contributed by atoms with Gasteiger partial charge in [0.25, 0.3) is 0 Å². The number of halogens is 2. The highest BCUT2D eigenvalue weighted by molar-refractivity contribution is 7.80. The average Bonchev–Trinajstić information content (AvgIpc) is 2.45. The molecule has 0 aliphatic heterocycles. The SMILES string of the molecule is COc1ccc(NC(=S)NCc2cccc(F)c2)cc1Cl. The molecule has 0 radical (unpaired) electrons. The Balaban J connectivity index is 1.91. The Morgan fingerprint density at radius 3 is 2.76 bits per heavy atom. The van der Waals surface area contributed by atoms with Crippen molar-refractivity contribution >= 4 is 34.6 Å². The van der Waals surface area contributed by atoms with Gasteiger partial charge in [-0.05, 0) is 48.1 Å². The summed E-state index contributed by atoms with van der Waals surface area (Å²) in [7, 11) is 1.56. The van der Waals surface area contributed by atoms with Crippen molar-refractivity contribution in [3.63, 3.8) is 0 Å². The van der Waals surface area contributed by atoms with Gasteiger partial charge in [-0.2, -0.15) is 0 Å². The predicted octanol–water partition coefficient (Wildman–Crippen LogP) is 3.97. The number of benzene rings is 2. The lowest BCUT2D eigenvalue weighted by molar-refractivity contribution is 0.415. The van der Waals surface area contributed by atoms with Crippen molar-refractivity contribution in [3.8, 4) is 5.75 Å². The number of hydrogen-bond donors (Lipinski definition) is 2. The summed E-state index contributed by atoms with van der Waals surface area (Å²) in [4.78, 5) is 0. The quantitative estimate of drug-likeness (QED) is 0.834. The van der Waals surface area contributed by atoms with E-state index in [9.17, 15) is 4.39 Å². The molecule has 0 heterocycles. The normalized spacial score (nSPS) is 10.0. The second-order valence-electron chi connectivity index (χ2n) is 4.29. The van der Waals surface area contributed by atoms with Crippen LogP contribution in [0.5, 0.6) is 5.75 Å². The minimum Gasteiger partial charge on any atom is -0.495 e. The van der Waals surface area contributed by atoms with E-state index in [2.05, 4.69) is 10.6 Å². The van der Waals surface area contributed by atoms with Crippen molar-refractivity contribution in [3.05, 3.63) is 58.9 Å². The lowest BCUT2D eigenvalue weighted by Gasteiger charge is -2.12. The molecule has 2 aromatic rings. The fourth-order valence-electron chi connectivity index (χ4n) is 1.75. The zero-order valence-electron chi connectivity index (χ0n) is 11.3. The lowest BCUT2D eigenvalue weighted by Crippen LogP contribution is -2.27. The minimum absolute atomic E-state index is 0.268. The van der Waals surface area contributed by atoms with Gasteiger partial charge < -0.3 is 15.4 Å². The Morgan fingerprint density at radius 1 is 1.29 bits per heavy atom. The van der Waals surface area contributed by atoms with Gasteiger partial charge in [0, 0.05) is 12.2 Å². The Morgan fingerprint density at radius 2 is 2.10 bits per heavy atom. The van der Waals surface area contributed by atoms with Crippen LogP contribution in [0.25, 0.3) is 0 Å². The Labute approximate surface area is 133 Å². The van der Waals surface area contributed by atoms with Crippen LogP contribution in [0, 0.1) is 5.82 Å². The largest absolute Gasteiger partial charge is 0.495 e. The zero-order valence-corrected chi connectivity index (χ0v) is 12.9. The molecule has 3 nitrogen and oxygen atoms in total. The standard InChI is InChI=1S/C15H14ClFN2OS/c1-20-14-6-5-12(8-13(14)16)19-15(21)18-9-10-3-2-4-11(17)7-10/h2-8H,9H2,1H3,(H2,18,19,21). The molecule has 21 heavy (non-hydrogen) atoms. The summed E-state index contributed by atoms with van der Waals surface area (Å²) in [5.41, 5.74) is 1.56. The number of ether oxygens (including phenoxy) is 1. The molecule has 2 aromatic carbocycles. The molecule has 6 heteroatoms. The van der Waals surface area contributed by atoms with Crippen molar-refractivity contribution in [2.75, 3.05) is 12.4 Å². The maximum absolute atomic E-state index is 13.1. The summed E-state index contributed by atoms with van der Waals surface area (Å²) in [6.07, 6.45) is 0. The zero-order chi connectivity index (χ0) is 15.2. The molecule has 0 aromatic heterocycles. The van der Waals surface area contributed by atoms with Gasteiger partial charge in [0.2, 0.25) is 0 Å². The number of hydrogen-bond acceptors (Lipinski definition) is 2. The molecular formula is C15H14ClFN2OS. The Bertz CT molecular complexity index is 651. The van der Waals surface area contributed by atoms with Gasteiger partial charge >= 0.3 is 0 Å². The fraction of sp³-hybridized carbons (Fsp3) is 0.133. The minimum atomic E-state index is -0.268. The van der Waals surface area contributed by atoms with E-state index in [1.165, 1.54) is 12.1 Å². The highest BCUT2D eigenvalue weighted by Gasteiger charge is 2.03. The summed E-state index contributed by atoms with van der Waals surface area (Å²) in [6, 6.07) is 11.6.